The van der Waals surface area contributed by atoms with E-state index in [1.807, 2.05) is 0 Å². The Morgan fingerprint density at radius 1 is 1.17 bits per heavy atom. The first-order valence-corrected chi connectivity index (χ1v) is 8.34. The number of ketones is 2. The largest absolute Gasteiger partial charge is 0.450 e. The molecule has 128 valence electrons. The fraction of sp³-hybridized carbons (Fsp3) is 0.412. The van der Waals surface area contributed by atoms with Gasteiger partial charge in [-0.3, -0.25) is 9.59 Å². The van der Waals surface area contributed by atoms with Gasteiger partial charge in [0.25, 0.3) is 0 Å². The Bertz CT molecular complexity index is 832. The van der Waals surface area contributed by atoms with Crippen LogP contribution in [0.5, 0.6) is 0 Å². The van der Waals surface area contributed by atoms with Crippen molar-refractivity contribution in [1.29, 1.82) is 0 Å². The highest BCUT2D eigenvalue weighted by molar-refractivity contribution is 7.13. The van der Waals surface area contributed by atoms with E-state index in [0.29, 0.717) is 33.1 Å². The average molecular weight is 348 g/mol. The highest BCUT2D eigenvalue weighted by Gasteiger charge is 2.27. The normalized spacial score (nSPS) is 12.1. The Hall–Kier alpha value is -2.28. The molecule has 2 rings (SSSR count). The summed E-state index contributed by atoms with van der Waals surface area (Å²) in [6.07, 6.45) is -0.962. The second-order valence-electron chi connectivity index (χ2n) is 5.74. The molecular weight excluding hydrogens is 328 g/mol. The summed E-state index contributed by atoms with van der Waals surface area (Å²) < 4.78 is 5.29. The number of esters is 1. The highest BCUT2D eigenvalue weighted by Crippen LogP contribution is 2.22. The summed E-state index contributed by atoms with van der Waals surface area (Å²) in [5.74, 6) is -1.04. The van der Waals surface area contributed by atoms with Gasteiger partial charge in [-0.05, 0) is 47.1 Å². The molecule has 0 amide bonds. The molecule has 0 fully saturated rings. The molecule has 24 heavy (non-hydrogen) atoms. The number of H-pyrrole nitrogens is 1. The van der Waals surface area contributed by atoms with Gasteiger partial charge >= 0.3 is 5.97 Å². The molecule has 2 aromatic heterocycles. The fourth-order valence-corrected chi connectivity index (χ4v) is 3.52. The van der Waals surface area contributed by atoms with Gasteiger partial charge in [-0.15, -0.1) is 11.3 Å². The van der Waals surface area contributed by atoms with Crippen LogP contribution in [0, 0.1) is 27.7 Å². The zero-order valence-corrected chi connectivity index (χ0v) is 15.4. The van der Waals surface area contributed by atoms with E-state index < -0.39 is 12.1 Å². The van der Waals surface area contributed by atoms with Crippen LogP contribution in [0.3, 0.4) is 0 Å². The minimum atomic E-state index is -0.962. The van der Waals surface area contributed by atoms with E-state index in [9.17, 15) is 14.4 Å². The maximum Gasteiger partial charge on any atom is 0.350 e. The molecule has 6 nitrogen and oxygen atoms in total. The number of hydrogen-bond donors (Lipinski definition) is 1. The minimum Gasteiger partial charge on any atom is -0.450 e. The minimum absolute atomic E-state index is 0.110. The quantitative estimate of drug-likeness (QED) is 0.661. The number of hydrogen-bond acceptors (Lipinski definition) is 6. The number of thiazole rings is 1. The van der Waals surface area contributed by atoms with Crippen LogP contribution in [0.2, 0.25) is 0 Å². The van der Waals surface area contributed by atoms with Crippen molar-refractivity contribution in [3.8, 4) is 0 Å². The Morgan fingerprint density at radius 3 is 2.25 bits per heavy atom. The molecule has 0 aliphatic rings. The first kappa shape index (κ1) is 18.1. The van der Waals surface area contributed by atoms with Crippen LogP contribution in [0.1, 0.15) is 66.3 Å². The van der Waals surface area contributed by atoms with Crippen molar-refractivity contribution in [3.05, 3.63) is 38.1 Å². The van der Waals surface area contributed by atoms with Crippen molar-refractivity contribution < 1.29 is 19.1 Å². The van der Waals surface area contributed by atoms with E-state index in [0.717, 1.165) is 5.01 Å². The topological polar surface area (TPSA) is 89.1 Å². The van der Waals surface area contributed by atoms with E-state index in [1.165, 1.54) is 25.2 Å². The lowest BCUT2D eigenvalue weighted by Crippen LogP contribution is -2.25. The lowest BCUT2D eigenvalue weighted by Gasteiger charge is -2.11. The first-order valence-electron chi connectivity index (χ1n) is 7.52. The maximum atomic E-state index is 12.6. The standard InChI is InChI=1S/C17H20N2O4S/c1-7-13(10(4)20)8(2)19-14(7)15(21)11(5)23-17(22)16-9(3)18-12(6)24-16/h11,19H,1-6H3/t11-/m0/s1. The smallest absolute Gasteiger partial charge is 0.350 e. The Kier molecular flexibility index (Phi) is 5.03. The second-order valence-corrected chi connectivity index (χ2v) is 6.94. The number of nitrogens with zero attached hydrogens (tertiary/aromatic N) is 1. The summed E-state index contributed by atoms with van der Waals surface area (Å²) in [6.45, 7) is 9.95. The summed E-state index contributed by atoms with van der Waals surface area (Å²) >= 11 is 1.24. The Balaban J connectivity index is 2.21. The van der Waals surface area contributed by atoms with Crippen molar-refractivity contribution in [3.63, 3.8) is 0 Å². The molecule has 2 aromatic rings. The molecule has 1 N–H and O–H groups in total. The van der Waals surface area contributed by atoms with Crippen molar-refractivity contribution >= 4 is 28.9 Å². The lowest BCUT2D eigenvalue weighted by molar-refractivity contribution is 0.0320. The van der Waals surface area contributed by atoms with Crippen LogP contribution in [0.15, 0.2) is 0 Å². The van der Waals surface area contributed by atoms with E-state index >= 15 is 0 Å². The number of aromatic amines is 1. The molecule has 0 bridgehead atoms. The van der Waals surface area contributed by atoms with Crippen molar-refractivity contribution in [2.75, 3.05) is 0 Å². The van der Waals surface area contributed by atoms with Gasteiger partial charge < -0.3 is 9.72 Å². The number of Topliss-reactive ketones (excluding diaryl/α,β-unsaturated/α-hetero) is 2. The van der Waals surface area contributed by atoms with Crippen LogP contribution in [-0.4, -0.2) is 33.6 Å². The third kappa shape index (κ3) is 3.31. The number of nitrogens with one attached hydrogen (secondary N) is 1. The van der Waals surface area contributed by atoms with E-state index in [-0.39, 0.29) is 11.6 Å². The van der Waals surface area contributed by atoms with Crippen LogP contribution in [0.25, 0.3) is 0 Å². The Morgan fingerprint density at radius 2 is 1.79 bits per heavy atom. The van der Waals surface area contributed by atoms with Gasteiger partial charge in [0.2, 0.25) is 5.78 Å². The van der Waals surface area contributed by atoms with Gasteiger partial charge in [-0.1, -0.05) is 0 Å². The summed E-state index contributed by atoms with van der Waals surface area (Å²) in [4.78, 5) is 44.0. The molecule has 0 aromatic carbocycles. The molecule has 0 radical (unpaired) electrons. The molecule has 0 aliphatic carbocycles. The summed E-state index contributed by atoms with van der Waals surface area (Å²) in [7, 11) is 0. The monoisotopic (exact) mass is 348 g/mol. The van der Waals surface area contributed by atoms with Gasteiger partial charge in [0.1, 0.15) is 4.88 Å². The van der Waals surface area contributed by atoms with Crippen LogP contribution < -0.4 is 0 Å². The van der Waals surface area contributed by atoms with E-state index in [1.54, 1.807) is 27.7 Å². The van der Waals surface area contributed by atoms with Crippen LogP contribution in [-0.2, 0) is 4.74 Å². The molecule has 1 atom stereocenters. The maximum absolute atomic E-state index is 12.6. The fourth-order valence-electron chi connectivity index (χ4n) is 2.72. The second kappa shape index (κ2) is 6.68. The molecule has 0 saturated heterocycles. The summed E-state index contributed by atoms with van der Waals surface area (Å²) in [5.41, 5.74) is 2.61. The van der Waals surface area contributed by atoms with Gasteiger partial charge in [-0.2, -0.15) is 0 Å². The number of carbonyl (C=O) groups excluding carboxylic acids is 3. The zero-order valence-electron chi connectivity index (χ0n) is 14.6. The highest BCUT2D eigenvalue weighted by atomic mass is 32.1. The number of aromatic nitrogens is 2. The first-order chi connectivity index (χ1) is 11.1. The number of ether oxygens (including phenoxy) is 1. The van der Waals surface area contributed by atoms with Gasteiger partial charge in [0, 0.05) is 11.3 Å². The number of carbonyl (C=O) groups is 3. The van der Waals surface area contributed by atoms with E-state index in [4.69, 9.17) is 4.74 Å². The third-order valence-corrected chi connectivity index (χ3v) is 4.83. The molecule has 7 heteroatoms. The van der Waals surface area contributed by atoms with Crippen molar-refractivity contribution in [2.24, 2.45) is 0 Å². The van der Waals surface area contributed by atoms with Gasteiger partial charge in [0.05, 0.1) is 16.4 Å². The summed E-state index contributed by atoms with van der Waals surface area (Å²) in [5, 5.41) is 0.764. The zero-order chi connectivity index (χ0) is 18.2. The molecular formula is C17H20N2O4S. The van der Waals surface area contributed by atoms with Crippen molar-refractivity contribution in [2.45, 2.75) is 47.6 Å². The molecule has 2 heterocycles. The van der Waals surface area contributed by atoms with Crippen LogP contribution >= 0.6 is 11.3 Å². The van der Waals surface area contributed by atoms with Crippen molar-refractivity contribution in [1.82, 2.24) is 9.97 Å². The molecule has 0 saturated carbocycles. The number of aryl methyl sites for hydroxylation is 3. The molecule has 0 unspecified atom stereocenters. The number of rotatable bonds is 5. The third-order valence-electron chi connectivity index (χ3n) is 3.78. The Labute approximate surface area is 144 Å². The van der Waals surface area contributed by atoms with E-state index in [2.05, 4.69) is 9.97 Å². The molecule has 0 spiro atoms. The van der Waals surface area contributed by atoms with Gasteiger partial charge in [0.15, 0.2) is 11.9 Å². The predicted molar refractivity (Wildman–Crippen MR) is 91.1 cm³/mol. The lowest BCUT2D eigenvalue weighted by atomic mass is 10.0. The predicted octanol–water partition coefficient (Wildman–Crippen LogP) is 3.34. The average Bonchev–Trinajstić information content (AvgIpc) is 2.96. The van der Waals surface area contributed by atoms with Gasteiger partial charge in [-0.25, -0.2) is 9.78 Å². The van der Waals surface area contributed by atoms with Crippen LogP contribution in [0.4, 0.5) is 0 Å². The SMILES string of the molecule is CC(=O)c1c(C)[nH]c(C(=O)[C@H](C)OC(=O)c2sc(C)nc2C)c1C. The summed E-state index contributed by atoms with van der Waals surface area (Å²) in [6, 6.07) is 0. The molecule has 0 aliphatic heterocycles.